The predicted octanol–water partition coefficient (Wildman–Crippen LogP) is 2.31. The fourth-order valence-corrected chi connectivity index (χ4v) is 4.64. The molecule has 24 heavy (non-hydrogen) atoms. The molecule has 0 fully saturated rings. The van der Waals surface area contributed by atoms with Crippen LogP contribution in [0.4, 0.5) is 0 Å². The van der Waals surface area contributed by atoms with Crippen molar-refractivity contribution in [2.75, 3.05) is 0 Å². The number of aromatic nitrogens is 2. The summed E-state index contributed by atoms with van der Waals surface area (Å²) in [5.74, 6) is 0. The first-order chi connectivity index (χ1) is 11.5. The fraction of sp³-hybridized carbons (Fsp3) is 0.167. The molecule has 1 aliphatic rings. The maximum atomic E-state index is 12.8. The molecule has 0 bridgehead atoms. The molecule has 4 rings (SSSR count). The van der Waals surface area contributed by atoms with Crippen LogP contribution in [-0.4, -0.2) is 18.0 Å². The monoisotopic (exact) mass is 340 g/mol. The van der Waals surface area contributed by atoms with Crippen LogP contribution >= 0.6 is 0 Å². The summed E-state index contributed by atoms with van der Waals surface area (Å²) >= 11 is 0. The molecule has 0 radical (unpaired) electrons. The molecular formula is C18H16N2O3S. The van der Waals surface area contributed by atoms with Crippen LogP contribution in [0.1, 0.15) is 11.1 Å². The maximum absolute atomic E-state index is 12.8. The van der Waals surface area contributed by atoms with Gasteiger partial charge in [0.25, 0.3) is 5.56 Å². The highest BCUT2D eigenvalue weighted by Crippen LogP contribution is 2.32. The number of sulfone groups is 1. The van der Waals surface area contributed by atoms with Crippen molar-refractivity contribution >= 4 is 9.84 Å². The minimum atomic E-state index is -3.83. The molecule has 6 heteroatoms. The van der Waals surface area contributed by atoms with Crippen LogP contribution in [0.3, 0.4) is 0 Å². The highest BCUT2D eigenvalue weighted by Gasteiger charge is 2.26. The lowest BCUT2D eigenvalue weighted by Gasteiger charge is -2.19. The van der Waals surface area contributed by atoms with Gasteiger partial charge in [0.2, 0.25) is 9.84 Å². The van der Waals surface area contributed by atoms with Crippen LogP contribution in [0, 0.1) is 0 Å². The Balaban J connectivity index is 1.93. The Morgan fingerprint density at radius 3 is 2.50 bits per heavy atom. The van der Waals surface area contributed by atoms with Gasteiger partial charge in [-0.3, -0.25) is 4.79 Å². The van der Waals surface area contributed by atoms with Crippen molar-refractivity contribution < 1.29 is 8.42 Å². The number of fused-ring (bicyclic) bond motifs is 3. The van der Waals surface area contributed by atoms with Crippen LogP contribution in [0.2, 0.25) is 0 Å². The van der Waals surface area contributed by atoms with Gasteiger partial charge in [0.1, 0.15) is 4.90 Å². The first-order valence-electron chi connectivity index (χ1n) is 7.69. The third-order valence-electron chi connectivity index (χ3n) is 4.49. The van der Waals surface area contributed by atoms with E-state index in [0.717, 1.165) is 23.4 Å². The lowest BCUT2D eigenvalue weighted by molar-refractivity contribution is 0.594. The van der Waals surface area contributed by atoms with Gasteiger partial charge in [-0.25, -0.2) is 8.42 Å². The molecule has 122 valence electrons. The molecule has 0 atom stereocenters. The topological polar surface area (TPSA) is 71.9 Å². The normalized spacial score (nSPS) is 13.4. The number of pyridine rings is 1. The molecule has 2 aromatic heterocycles. The van der Waals surface area contributed by atoms with Crippen molar-refractivity contribution in [1.29, 1.82) is 0 Å². The first kappa shape index (κ1) is 15.0. The number of nitrogens with one attached hydrogen (secondary N) is 1. The van der Waals surface area contributed by atoms with Gasteiger partial charge in [-0.05, 0) is 48.2 Å². The first-order valence-corrected chi connectivity index (χ1v) is 9.18. The van der Waals surface area contributed by atoms with Gasteiger partial charge in [-0.2, -0.15) is 0 Å². The summed E-state index contributed by atoms with van der Waals surface area (Å²) in [4.78, 5) is 15.3. The number of hydrogen-bond donors (Lipinski definition) is 1. The zero-order valence-electron chi connectivity index (χ0n) is 13.1. The van der Waals surface area contributed by atoms with Gasteiger partial charge in [-0.15, -0.1) is 0 Å². The molecule has 0 amide bonds. The Morgan fingerprint density at radius 1 is 1.04 bits per heavy atom. The molecule has 0 aliphatic heterocycles. The Bertz CT molecular complexity index is 1090. The van der Waals surface area contributed by atoms with Crippen molar-refractivity contribution in [1.82, 2.24) is 9.55 Å². The predicted molar refractivity (Wildman–Crippen MR) is 90.8 cm³/mol. The van der Waals surface area contributed by atoms with E-state index in [1.54, 1.807) is 18.2 Å². The van der Waals surface area contributed by atoms with Crippen LogP contribution in [0.15, 0.2) is 63.2 Å². The molecule has 0 spiro atoms. The molecule has 5 nitrogen and oxygen atoms in total. The van der Waals surface area contributed by atoms with E-state index in [9.17, 15) is 13.2 Å². The van der Waals surface area contributed by atoms with Crippen molar-refractivity contribution in [2.24, 2.45) is 7.05 Å². The number of aromatic amines is 1. The van der Waals surface area contributed by atoms with Crippen molar-refractivity contribution in [3.63, 3.8) is 0 Å². The van der Waals surface area contributed by atoms with Gasteiger partial charge < -0.3 is 9.55 Å². The van der Waals surface area contributed by atoms with Gasteiger partial charge in [0.15, 0.2) is 0 Å². The second-order valence-electron chi connectivity index (χ2n) is 5.98. The Labute approximate surface area is 139 Å². The van der Waals surface area contributed by atoms with Gasteiger partial charge in [0.05, 0.1) is 16.3 Å². The number of nitrogens with zero attached hydrogens (tertiary/aromatic N) is 1. The summed E-state index contributed by atoms with van der Waals surface area (Å²) in [5.41, 5.74) is 3.13. The third kappa shape index (κ3) is 2.14. The SMILES string of the molecule is Cn1ccc2c1-c1[nH]c(=O)c(S(=O)(=O)c3ccccc3)cc1CC2. The highest BCUT2D eigenvalue weighted by molar-refractivity contribution is 7.91. The standard InChI is InChI=1S/C18H16N2O3S/c1-20-10-9-12-7-8-13-11-15(18(21)19-16(13)17(12)20)24(22,23)14-5-3-2-4-6-14/h2-6,9-11H,7-8H2,1H3,(H,19,21). The number of benzene rings is 1. The van der Waals surface area contributed by atoms with Crippen molar-refractivity contribution in [3.8, 4) is 11.4 Å². The van der Waals surface area contributed by atoms with Crippen LogP contribution in [0.25, 0.3) is 11.4 Å². The largest absolute Gasteiger partial charge is 0.349 e. The molecule has 0 unspecified atom stereocenters. The van der Waals surface area contributed by atoms with Gasteiger partial charge in [-0.1, -0.05) is 18.2 Å². The maximum Gasteiger partial charge on any atom is 0.267 e. The second-order valence-corrected chi connectivity index (χ2v) is 7.90. The Morgan fingerprint density at radius 2 is 1.75 bits per heavy atom. The number of aryl methyl sites for hydroxylation is 3. The Hall–Kier alpha value is -2.60. The van der Waals surface area contributed by atoms with Crippen LogP contribution in [0.5, 0.6) is 0 Å². The van der Waals surface area contributed by atoms with E-state index in [4.69, 9.17) is 0 Å². The molecule has 2 heterocycles. The molecule has 0 saturated heterocycles. The quantitative estimate of drug-likeness (QED) is 0.778. The van der Waals surface area contributed by atoms with Gasteiger partial charge in [0, 0.05) is 13.2 Å². The van der Waals surface area contributed by atoms with Crippen LogP contribution in [-0.2, 0) is 29.7 Å². The summed E-state index contributed by atoms with van der Waals surface area (Å²) in [6, 6.07) is 11.6. The van der Waals surface area contributed by atoms with Crippen LogP contribution < -0.4 is 5.56 Å². The summed E-state index contributed by atoms with van der Waals surface area (Å²) in [6.07, 6.45) is 3.49. The van der Waals surface area contributed by atoms with E-state index < -0.39 is 15.4 Å². The summed E-state index contributed by atoms with van der Waals surface area (Å²) in [7, 11) is -1.91. The third-order valence-corrected chi connectivity index (χ3v) is 6.26. The second kappa shape index (κ2) is 5.21. The zero-order chi connectivity index (χ0) is 16.9. The number of hydrogen-bond acceptors (Lipinski definition) is 3. The molecule has 1 N–H and O–H groups in total. The Kier molecular flexibility index (Phi) is 3.25. The van der Waals surface area contributed by atoms with E-state index in [0.29, 0.717) is 6.42 Å². The van der Waals surface area contributed by atoms with Gasteiger partial charge >= 0.3 is 0 Å². The van der Waals surface area contributed by atoms with E-state index in [2.05, 4.69) is 4.98 Å². The summed E-state index contributed by atoms with van der Waals surface area (Å²) in [6.45, 7) is 0. The molecular weight excluding hydrogens is 324 g/mol. The van der Waals surface area contributed by atoms with E-state index in [-0.39, 0.29) is 9.79 Å². The average Bonchev–Trinajstić information content (AvgIpc) is 2.96. The minimum absolute atomic E-state index is 0.130. The van der Waals surface area contributed by atoms with Crippen molar-refractivity contribution in [3.05, 3.63) is 70.1 Å². The molecule has 3 aromatic rings. The fourth-order valence-electron chi connectivity index (χ4n) is 3.28. The van der Waals surface area contributed by atoms with Crippen molar-refractivity contribution in [2.45, 2.75) is 22.6 Å². The average molecular weight is 340 g/mol. The number of rotatable bonds is 2. The molecule has 1 aliphatic carbocycles. The van der Waals surface area contributed by atoms with E-state index in [1.807, 2.05) is 23.9 Å². The highest BCUT2D eigenvalue weighted by atomic mass is 32.2. The molecule has 1 aromatic carbocycles. The summed E-state index contributed by atoms with van der Waals surface area (Å²) in [5, 5.41) is 0. The van der Waals surface area contributed by atoms with E-state index in [1.165, 1.54) is 23.8 Å². The number of H-pyrrole nitrogens is 1. The molecule has 0 saturated carbocycles. The smallest absolute Gasteiger partial charge is 0.267 e. The zero-order valence-corrected chi connectivity index (χ0v) is 13.9. The lowest BCUT2D eigenvalue weighted by Crippen LogP contribution is -2.21. The minimum Gasteiger partial charge on any atom is -0.349 e. The lowest BCUT2D eigenvalue weighted by atomic mass is 9.94. The summed E-state index contributed by atoms with van der Waals surface area (Å²) < 4.78 is 27.5. The van der Waals surface area contributed by atoms with E-state index >= 15 is 0 Å².